The maximum absolute atomic E-state index is 4.85. The van der Waals surface area contributed by atoms with Crippen molar-refractivity contribution >= 4 is 0 Å². The highest BCUT2D eigenvalue weighted by atomic mass is 16.5. The van der Waals surface area contributed by atoms with E-state index in [9.17, 15) is 0 Å². The quantitative estimate of drug-likeness (QED) is 0.658. The standard InChI is InChI=1S/C8H18.C6H14O/c1-7(2)6-8(3,4)5;1-6(2)4-5-7-3/h7H,6H2,1-5H3;6H,4-5H2,1-3H3. The summed E-state index contributed by atoms with van der Waals surface area (Å²) in [6, 6.07) is 0. The highest BCUT2D eigenvalue weighted by Gasteiger charge is 2.11. The highest BCUT2D eigenvalue weighted by Crippen LogP contribution is 2.23. The molecule has 0 saturated carbocycles. The van der Waals surface area contributed by atoms with Crippen LogP contribution in [0.3, 0.4) is 0 Å². The molecule has 0 saturated heterocycles. The van der Waals surface area contributed by atoms with Crippen molar-refractivity contribution < 1.29 is 4.74 Å². The second-order valence-electron chi connectivity index (χ2n) is 6.33. The molecule has 0 spiro atoms. The Morgan fingerprint density at radius 1 is 0.933 bits per heavy atom. The van der Waals surface area contributed by atoms with Crippen molar-refractivity contribution in [3.8, 4) is 0 Å². The zero-order valence-corrected chi connectivity index (χ0v) is 12.2. The molecule has 1 nitrogen and oxygen atoms in total. The topological polar surface area (TPSA) is 9.23 Å². The van der Waals surface area contributed by atoms with Gasteiger partial charge in [-0.25, -0.2) is 0 Å². The molecular weight excluding hydrogens is 184 g/mol. The molecular formula is C14H32O. The molecule has 0 N–H and O–H groups in total. The Balaban J connectivity index is 0. The van der Waals surface area contributed by atoms with E-state index >= 15 is 0 Å². The molecule has 1 heteroatoms. The van der Waals surface area contributed by atoms with Crippen LogP contribution in [0.4, 0.5) is 0 Å². The molecule has 15 heavy (non-hydrogen) atoms. The number of hydrogen-bond donors (Lipinski definition) is 0. The van der Waals surface area contributed by atoms with E-state index in [1.165, 1.54) is 12.8 Å². The maximum atomic E-state index is 4.85. The van der Waals surface area contributed by atoms with Crippen LogP contribution in [0, 0.1) is 17.3 Å². The fraction of sp³-hybridized carbons (Fsp3) is 1.00. The summed E-state index contributed by atoms with van der Waals surface area (Å²) in [4.78, 5) is 0. The Hall–Kier alpha value is -0.0400. The van der Waals surface area contributed by atoms with Gasteiger partial charge in [0.25, 0.3) is 0 Å². The van der Waals surface area contributed by atoms with Crippen molar-refractivity contribution in [2.24, 2.45) is 17.3 Å². The smallest absolute Gasteiger partial charge is 0.0464 e. The predicted molar refractivity (Wildman–Crippen MR) is 70.2 cm³/mol. The van der Waals surface area contributed by atoms with E-state index in [0.717, 1.165) is 18.4 Å². The van der Waals surface area contributed by atoms with Crippen LogP contribution in [0.2, 0.25) is 0 Å². The average Bonchev–Trinajstić information content (AvgIpc) is 1.96. The Bertz CT molecular complexity index is 120. The minimum atomic E-state index is 0.522. The third-order valence-corrected chi connectivity index (χ3v) is 1.92. The van der Waals surface area contributed by atoms with E-state index in [1.807, 2.05) is 0 Å². The van der Waals surface area contributed by atoms with Crippen LogP contribution >= 0.6 is 0 Å². The van der Waals surface area contributed by atoms with Crippen molar-refractivity contribution in [2.45, 2.75) is 61.3 Å². The summed E-state index contributed by atoms with van der Waals surface area (Å²) < 4.78 is 4.85. The SMILES string of the molecule is CC(C)CC(C)(C)C.COCCC(C)C. The lowest BCUT2D eigenvalue weighted by Crippen LogP contribution is -2.08. The van der Waals surface area contributed by atoms with Gasteiger partial charge in [-0.15, -0.1) is 0 Å². The van der Waals surface area contributed by atoms with E-state index in [2.05, 4.69) is 48.5 Å². The fourth-order valence-electron chi connectivity index (χ4n) is 1.58. The zero-order chi connectivity index (χ0) is 12.5. The average molecular weight is 216 g/mol. The van der Waals surface area contributed by atoms with Crippen molar-refractivity contribution in [1.29, 1.82) is 0 Å². The lowest BCUT2D eigenvalue weighted by Gasteiger charge is -2.19. The first-order valence-electron chi connectivity index (χ1n) is 6.18. The molecule has 0 aromatic heterocycles. The first kappa shape index (κ1) is 17.4. The Morgan fingerprint density at radius 2 is 1.40 bits per heavy atom. The molecule has 0 heterocycles. The van der Waals surface area contributed by atoms with Crippen LogP contribution in [0.5, 0.6) is 0 Å². The third kappa shape index (κ3) is 24.9. The van der Waals surface area contributed by atoms with Gasteiger partial charge in [-0.1, -0.05) is 48.5 Å². The maximum Gasteiger partial charge on any atom is 0.0464 e. The lowest BCUT2D eigenvalue weighted by atomic mass is 9.86. The van der Waals surface area contributed by atoms with E-state index in [-0.39, 0.29) is 0 Å². The molecule has 0 unspecified atom stereocenters. The molecule has 0 atom stereocenters. The molecule has 0 radical (unpaired) electrons. The van der Waals surface area contributed by atoms with E-state index < -0.39 is 0 Å². The van der Waals surface area contributed by atoms with Crippen LogP contribution < -0.4 is 0 Å². The van der Waals surface area contributed by atoms with Crippen LogP contribution in [0.25, 0.3) is 0 Å². The molecule has 94 valence electrons. The van der Waals surface area contributed by atoms with Crippen molar-refractivity contribution in [2.75, 3.05) is 13.7 Å². The molecule has 0 aliphatic rings. The molecule has 0 bridgehead atoms. The first-order valence-corrected chi connectivity index (χ1v) is 6.18. The van der Waals surface area contributed by atoms with E-state index in [1.54, 1.807) is 7.11 Å². The highest BCUT2D eigenvalue weighted by molar-refractivity contribution is 4.62. The summed E-state index contributed by atoms with van der Waals surface area (Å²) in [6.07, 6.45) is 2.50. The largest absolute Gasteiger partial charge is 0.385 e. The number of ether oxygens (including phenoxy) is 1. The van der Waals surface area contributed by atoms with Crippen molar-refractivity contribution in [3.05, 3.63) is 0 Å². The van der Waals surface area contributed by atoms with Gasteiger partial charge in [0.2, 0.25) is 0 Å². The molecule has 0 aliphatic carbocycles. The molecule has 0 aromatic rings. The Labute approximate surface area is 97.6 Å². The van der Waals surface area contributed by atoms with Gasteiger partial charge < -0.3 is 4.74 Å². The number of methoxy groups -OCH3 is 1. The van der Waals surface area contributed by atoms with Gasteiger partial charge in [0.15, 0.2) is 0 Å². The first-order chi connectivity index (χ1) is 6.69. The van der Waals surface area contributed by atoms with E-state index in [0.29, 0.717) is 5.41 Å². The molecule has 0 amide bonds. The van der Waals surface area contributed by atoms with Crippen molar-refractivity contribution in [3.63, 3.8) is 0 Å². The minimum absolute atomic E-state index is 0.522. The minimum Gasteiger partial charge on any atom is -0.385 e. The van der Waals surface area contributed by atoms with Gasteiger partial charge in [0.1, 0.15) is 0 Å². The van der Waals surface area contributed by atoms with Crippen molar-refractivity contribution in [1.82, 2.24) is 0 Å². The van der Waals surface area contributed by atoms with Gasteiger partial charge in [-0.3, -0.25) is 0 Å². The normalized spacial score (nSPS) is 11.6. The van der Waals surface area contributed by atoms with Gasteiger partial charge >= 0.3 is 0 Å². The lowest BCUT2D eigenvalue weighted by molar-refractivity contribution is 0.183. The Kier molecular flexibility index (Phi) is 10.7. The van der Waals surface area contributed by atoms with Crippen LogP contribution in [-0.4, -0.2) is 13.7 Å². The molecule has 0 aromatic carbocycles. The number of hydrogen-bond acceptors (Lipinski definition) is 1. The number of rotatable bonds is 4. The molecule has 0 rings (SSSR count). The summed E-state index contributed by atoms with van der Waals surface area (Å²) >= 11 is 0. The summed E-state index contributed by atoms with van der Waals surface area (Å²) in [7, 11) is 1.74. The summed E-state index contributed by atoms with van der Waals surface area (Å²) in [5, 5.41) is 0. The van der Waals surface area contributed by atoms with Gasteiger partial charge in [-0.05, 0) is 30.1 Å². The zero-order valence-electron chi connectivity index (χ0n) is 12.2. The Morgan fingerprint density at radius 3 is 1.47 bits per heavy atom. The van der Waals surface area contributed by atoms with Gasteiger partial charge in [0.05, 0.1) is 0 Å². The predicted octanol–water partition coefficient (Wildman–Crippen LogP) is 4.76. The van der Waals surface area contributed by atoms with Gasteiger partial charge in [0, 0.05) is 13.7 Å². The monoisotopic (exact) mass is 216 g/mol. The molecule has 0 fully saturated rings. The van der Waals surface area contributed by atoms with Crippen LogP contribution in [0.15, 0.2) is 0 Å². The fourth-order valence-corrected chi connectivity index (χ4v) is 1.58. The van der Waals surface area contributed by atoms with Gasteiger partial charge in [-0.2, -0.15) is 0 Å². The molecule has 0 aliphatic heterocycles. The van der Waals surface area contributed by atoms with E-state index in [4.69, 9.17) is 4.74 Å². The third-order valence-electron chi connectivity index (χ3n) is 1.92. The van der Waals surface area contributed by atoms with Crippen LogP contribution in [-0.2, 0) is 4.74 Å². The second kappa shape index (κ2) is 9.21. The second-order valence-corrected chi connectivity index (χ2v) is 6.33. The summed E-state index contributed by atoms with van der Waals surface area (Å²) in [6.45, 7) is 16.7. The van der Waals surface area contributed by atoms with Crippen LogP contribution in [0.1, 0.15) is 61.3 Å². The summed E-state index contributed by atoms with van der Waals surface area (Å²) in [5.74, 6) is 1.62. The summed E-state index contributed by atoms with van der Waals surface area (Å²) in [5.41, 5.74) is 0.522.